The molecule has 1 saturated heterocycles. The van der Waals surface area contributed by atoms with E-state index in [9.17, 15) is 0 Å². The molecule has 5 nitrogen and oxygen atoms in total. The zero-order valence-electron chi connectivity index (χ0n) is 9.87. The number of halogens is 1. The predicted molar refractivity (Wildman–Crippen MR) is 68.7 cm³/mol. The van der Waals surface area contributed by atoms with Crippen molar-refractivity contribution < 1.29 is 4.74 Å². The minimum atomic E-state index is 0.293. The monoisotopic (exact) mass is 256 g/mol. The van der Waals surface area contributed by atoms with E-state index in [1.807, 2.05) is 0 Å². The third-order valence-corrected chi connectivity index (χ3v) is 2.82. The molecular formula is C11H17ClN4O. The predicted octanol–water partition coefficient (Wildman–Crippen LogP) is 2.15. The minimum Gasteiger partial charge on any atom is -0.379 e. The van der Waals surface area contributed by atoms with Gasteiger partial charge in [-0.15, -0.1) is 0 Å². The lowest BCUT2D eigenvalue weighted by Crippen LogP contribution is -2.20. The molecule has 1 aromatic rings. The number of rotatable bonds is 5. The maximum Gasteiger partial charge on any atom is 0.224 e. The maximum atomic E-state index is 6.05. The van der Waals surface area contributed by atoms with E-state index < -0.39 is 0 Å². The van der Waals surface area contributed by atoms with Crippen LogP contribution >= 0.6 is 11.6 Å². The van der Waals surface area contributed by atoms with E-state index in [0.29, 0.717) is 29.4 Å². The van der Waals surface area contributed by atoms with Gasteiger partial charge in [-0.3, -0.25) is 0 Å². The van der Waals surface area contributed by atoms with Crippen molar-refractivity contribution in [2.75, 3.05) is 30.4 Å². The molecule has 2 heterocycles. The largest absolute Gasteiger partial charge is 0.379 e. The van der Waals surface area contributed by atoms with E-state index in [-0.39, 0.29) is 0 Å². The summed E-state index contributed by atoms with van der Waals surface area (Å²) in [4.78, 5) is 8.48. The van der Waals surface area contributed by atoms with Gasteiger partial charge in [0.15, 0.2) is 5.82 Å². The lowest BCUT2D eigenvalue weighted by atomic mass is 10.2. The number of hydrogen-bond acceptors (Lipinski definition) is 5. The first-order valence-electron chi connectivity index (χ1n) is 5.90. The Hall–Kier alpha value is -1.07. The summed E-state index contributed by atoms with van der Waals surface area (Å²) in [6, 6.07) is 0.293. The second-order valence-electron chi connectivity index (χ2n) is 4.02. The first-order valence-corrected chi connectivity index (χ1v) is 6.28. The van der Waals surface area contributed by atoms with Crippen LogP contribution in [0.25, 0.3) is 0 Å². The average Bonchev–Trinajstić information content (AvgIpc) is 2.83. The molecule has 0 saturated carbocycles. The number of aromatic nitrogens is 2. The quantitative estimate of drug-likeness (QED) is 0.845. The summed E-state index contributed by atoms with van der Waals surface area (Å²) in [6.45, 7) is 4.45. The molecule has 94 valence electrons. The summed E-state index contributed by atoms with van der Waals surface area (Å²) < 4.78 is 5.30. The van der Waals surface area contributed by atoms with Gasteiger partial charge in [-0.05, 0) is 12.8 Å². The van der Waals surface area contributed by atoms with Crippen LogP contribution in [0.4, 0.5) is 11.8 Å². The number of ether oxygens (including phenoxy) is 1. The smallest absolute Gasteiger partial charge is 0.224 e. The van der Waals surface area contributed by atoms with E-state index in [0.717, 1.165) is 26.0 Å². The zero-order chi connectivity index (χ0) is 12.1. The normalized spacial score (nSPS) is 19.3. The molecule has 0 radical (unpaired) electrons. The van der Waals surface area contributed by atoms with Crippen LogP contribution in [0.15, 0.2) is 6.20 Å². The molecule has 6 heteroatoms. The van der Waals surface area contributed by atoms with Crippen molar-refractivity contribution in [2.45, 2.75) is 25.8 Å². The average molecular weight is 257 g/mol. The number of nitrogens with zero attached hydrogens (tertiary/aromatic N) is 2. The molecule has 0 amide bonds. The number of nitrogens with one attached hydrogen (secondary N) is 2. The topological polar surface area (TPSA) is 59.1 Å². The fourth-order valence-corrected chi connectivity index (χ4v) is 1.78. The van der Waals surface area contributed by atoms with E-state index in [1.165, 1.54) is 0 Å². The maximum absolute atomic E-state index is 6.05. The third kappa shape index (κ3) is 3.44. The van der Waals surface area contributed by atoms with Gasteiger partial charge in [-0.2, -0.15) is 4.98 Å². The van der Waals surface area contributed by atoms with Crippen LogP contribution < -0.4 is 10.6 Å². The number of anilines is 2. The molecule has 0 bridgehead atoms. The van der Waals surface area contributed by atoms with Gasteiger partial charge < -0.3 is 15.4 Å². The summed E-state index contributed by atoms with van der Waals surface area (Å²) in [6.07, 6.45) is 3.63. The highest BCUT2D eigenvalue weighted by Crippen LogP contribution is 2.21. The SMILES string of the molecule is CCCNc1ncc(Cl)c(NC2CCOC2)n1. The molecule has 1 unspecified atom stereocenters. The second-order valence-corrected chi connectivity index (χ2v) is 4.43. The van der Waals surface area contributed by atoms with Crippen molar-refractivity contribution in [1.29, 1.82) is 0 Å². The van der Waals surface area contributed by atoms with Crippen LogP contribution in [0.1, 0.15) is 19.8 Å². The van der Waals surface area contributed by atoms with E-state index >= 15 is 0 Å². The van der Waals surface area contributed by atoms with Crippen molar-refractivity contribution in [1.82, 2.24) is 9.97 Å². The molecule has 2 N–H and O–H groups in total. The fraction of sp³-hybridized carbons (Fsp3) is 0.636. The molecule has 1 aliphatic heterocycles. The van der Waals surface area contributed by atoms with Gasteiger partial charge >= 0.3 is 0 Å². The van der Waals surface area contributed by atoms with E-state index in [2.05, 4.69) is 27.5 Å². The van der Waals surface area contributed by atoms with Gasteiger partial charge in [0.1, 0.15) is 5.02 Å². The van der Waals surface area contributed by atoms with E-state index in [4.69, 9.17) is 16.3 Å². The molecular weight excluding hydrogens is 240 g/mol. The van der Waals surface area contributed by atoms with Crippen LogP contribution in [0.5, 0.6) is 0 Å². The second kappa shape index (κ2) is 6.02. The number of hydrogen-bond donors (Lipinski definition) is 2. The van der Waals surface area contributed by atoms with Gasteiger partial charge in [0.2, 0.25) is 5.95 Å². The van der Waals surface area contributed by atoms with Gasteiger partial charge in [-0.25, -0.2) is 4.98 Å². The summed E-state index contributed by atoms with van der Waals surface area (Å²) in [5, 5.41) is 6.95. The Bertz CT molecular complexity index is 368. The van der Waals surface area contributed by atoms with Crippen LogP contribution in [-0.2, 0) is 4.74 Å². The standard InChI is InChI=1S/C11H17ClN4O/c1-2-4-13-11-14-6-9(12)10(16-11)15-8-3-5-17-7-8/h6,8H,2-5,7H2,1H3,(H2,13,14,15,16). The van der Waals surface area contributed by atoms with Crippen molar-refractivity contribution in [2.24, 2.45) is 0 Å². The Morgan fingerprint density at radius 2 is 2.47 bits per heavy atom. The van der Waals surface area contributed by atoms with Crippen molar-refractivity contribution in [3.05, 3.63) is 11.2 Å². The molecule has 0 aromatic carbocycles. The highest BCUT2D eigenvalue weighted by molar-refractivity contribution is 6.32. The Kier molecular flexibility index (Phi) is 4.39. The van der Waals surface area contributed by atoms with Gasteiger partial charge in [0.25, 0.3) is 0 Å². The molecule has 1 aliphatic rings. The molecule has 1 atom stereocenters. The molecule has 0 aliphatic carbocycles. The highest BCUT2D eigenvalue weighted by Gasteiger charge is 2.17. The van der Waals surface area contributed by atoms with Gasteiger partial charge in [-0.1, -0.05) is 18.5 Å². The lowest BCUT2D eigenvalue weighted by Gasteiger charge is -2.13. The summed E-state index contributed by atoms with van der Waals surface area (Å²) in [5.74, 6) is 1.29. The van der Waals surface area contributed by atoms with Crippen molar-refractivity contribution >= 4 is 23.4 Å². The van der Waals surface area contributed by atoms with Crippen molar-refractivity contribution in [3.8, 4) is 0 Å². The summed E-state index contributed by atoms with van der Waals surface area (Å²) >= 11 is 6.05. The molecule has 1 fully saturated rings. The zero-order valence-corrected chi connectivity index (χ0v) is 10.6. The minimum absolute atomic E-state index is 0.293. The van der Waals surface area contributed by atoms with Crippen LogP contribution in [-0.4, -0.2) is 35.8 Å². The van der Waals surface area contributed by atoms with Gasteiger partial charge in [0, 0.05) is 13.2 Å². The molecule has 17 heavy (non-hydrogen) atoms. The molecule has 1 aromatic heterocycles. The van der Waals surface area contributed by atoms with Crippen LogP contribution in [0, 0.1) is 0 Å². The Morgan fingerprint density at radius 1 is 1.59 bits per heavy atom. The van der Waals surface area contributed by atoms with Crippen LogP contribution in [0.3, 0.4) is 0 Å². The Labute approximate surface area is 106 Å². The van der Waals surface area contributed by atoms with Gasteiger partial charge in [0.05, 0.1) is 18.8 Å². The molecule has 0 spiro atoms. The Balaban J connectivity index is 2.03. The first kappa shape index (κ1) is 12.4. The lowest BCUT2D eigenvalue weighted by molar-refractivity contribution is 0.195. The molecule has 2 rings (SSSR count). The summed E-state index contributed by atoms with van der Waals surface area (Å²) in [5.41, 5.74) is 0. The third-order valence-electron chi connectivity index (χ3n) is 2.55. The fourth-order valence-electron chi connectivity index (χ4n) is 1.63. The highest BCUT2D eigenvalue weighted by atomic mass is 35.5. The van der Waals surface area contributed by atoms with Crippen molar-refractivity contribution in [3.63, 3.8) is 0 Å². The summed E-state index contributed by atoms with van der Waals surface area (Å²) in [7, 11) is 0. The first-order chi connectivity index (χ1) is 8.29. The Morgan fingerprint density at radius 3 is 3.18 bits per heavy atom. The van der Waals surface area contributed by atoms with E-state index in [1.54, 1.807) is 6.20 Å². The van der Waals surface area contributed by atoms with Crippen LogP contribution in [0.2, 0.25) is 5.02 Å².